The molecule has 2 aliphatic rings. The molecule has 0 spiro atoms. The minimum Gasteiger partial charge on any atom is 0 e. The summed E-state index contributed by atoms with van der Waals surface area (Å²) >= 11 is -2.42. The standard InChI is InChI=1S/C13H9.C11H9.C6H5.Hf.Sn/c1-3-7-12-10(5-1)9-11-6-2-4-8-13(11)12;1-2-6-10(7-3-1)11-8-4-5-9-11;1-2-4-6-5-3-1;;/h1-5,7-8H,9H2;1-6,8-9,11H;1-5H;;. The van der Waals surface area contributed by atoms with Crippen LogP contribution in [0.3, 0.4) is 0 Å². The second kappa shape index (κ2) is 9.49. The molecule has 0 saturated heterocycles. The van der Waals surface area contributed by atoms with E-state index in [0.29, 0.717) is 5.92 Å². The minimum absolute atomic E-state index is 0. The third-order valence-electron chi connectivity index (χ3n) is 6.52. The summed E-state index contributed by atoms with van der Waals surface area (Å²) in [5.74, 6) is 0.393. The fraction of sp³-hybridized carbons (Fsp3) is 0.0667. The normalized spacial score (nSPS) is 13.8. The first-order chi connectivity index (χ1) is 15.4. The number of hydrogen-bond acceptors (Lipinski definition) is 0. The van der Waals surface area contributed by atoms with E-state index in [-0.39, 0.29) is 25.8 Å². The SMILES string of the molecule is C1=CC(c2cccc[c]2[Sn]([c]2ccccc2)[c]2cccc3c2Cc2ccccc2-3)C=C1.[Hf]. The predicted octanol–water partition coefficient (Wildman–Crippen LogP) is 4.98. The monoisotopic (exact) mass is 683 g/mol. The second-order valence-corrected chi connectivity index (χ2v) is 15.2. The maximum absolute atomic E-state index is 2.43. The number of allylic oxidation sites excluding steroid dienone is 4. The molecule has 4 aromatic rings. The largest absolute Gasteiger partial charge is 0 e. The van der Waals surface area contributed by atoms with Crippen LogP contribution >= 0.6 is 0 Å². The van der Waals surface area contributed by atoms with E-state index in [0.717, 1.165) is 6.42 Å². The summed E-state index contributed by atoms with van der Waals surface area (Å²) in [6.45, 7) is 0. The summed E-state index contributed by atoms with van der Waals surface area (Å²) < 4.78 is 4.77. The Morgan fingerprint density at radius 2 is 1.25 bits per heavy atom. The van der Waals surface area contributed by atoms with Crippen LogP contribution in [0.25, 0.3) is 11.1 Å². The number of hydrogen-bond donors (Lipinski definition) is 0. The van der Waals surface area contributed by atoms with E-state index in [1.165, 1.54) is 22.3 Å². The van der Waals surface area contributed by atoms with Gasteiger partial charge in [-0.15, -0.1) is 0 Å². The Kier molecular flexibility index (Phi) is 6.48. The summed E-state index contributed by atoms with van der Waals surface area (Å²) in [6.07, 6.45) is 10.1. The molecule has 2 aliphatic carbocycles. The van der Waals surface area contributed by atoms with Crippen LogP contribution in [0.15, 0.2) is 121 Å². The summed E-state index contributed by atoms with van der Waals surface area (Å²) in [5.41, 5.74) is 7.38. The van der Waals surface area contributed by atoms with Crippen LogP contribution in [0.1, 0.15) is 22.6 Å². The molecular weight excluding hydrogens is 658 g/mol. The Morgan fingerprint density at radius 1 is 0.594 bits per heavy atom. The topological polar surface area (TPSA) is 0 Å². The van der Waals surface area contributed by atoms with Gasteiger partial charge in [-0.3, -0.25) is 0 Å². The fourth-order valence-electron chi connectivity index (χ4n) is 5.11. The average Bonchev–Trinajstić information content (AvgIpc) is 3.49. The van der Waals surface area contributed by atoms with Crippen LogP contribution in [0.5, 0.6) is 0 Å². The van der Waals surface area contributed by atoms with Crippen LogP contribution in [0, 0.1) is 0 Å². The minimum atomic E-state index is -2.42. The fourth-order valence-corrected chi connectivity index (χ4v) is 13.7. The number of benzene rings is 4. The van der Waals surface area contributed by atoms with Gasteiger partial charge in [0, 0.05) is 25.8 Å². The van der Waals surface area contributed by atoms with Crippen molar-refractivity contribution >= 4 is 30.5 Å². The van der Waals surface area contributed by atoms with Gasteiger partial charge >= 0.3 is 192 Å². The molecule has 6 rings (SSSR count). The zero-order chi connectivity index (χ0) is 20.6. The molecule has 0 aliphatic heterocycles. The van der Waals surface area contributed by atoms with Gasteiger partial charge in [0.25, 0.3) is 0 Å². The molecular formula is C30H23HfSn. The van der Waals surface area contributed by atoms with Gasteiger partial charge in [0.15, 0.2) is 0 Å². The first kappa shape index (κ1) is 21.9. The molecule has 0 heterocycles. The maximum Gasteiger partial charge on any atom is 0 e. The van der Waals surface area contributed by atoms with Crippen molar-refractivity contribution in [2.75, 3.05) is 0 Å². The van der Waals surface area contributed by atoms with Gasteiger partial charge in [-0.1, -0.05) is 0 Å². The molecule has 0 aromatic heterocycles. The molecule has 4 aromatic carbocycles. The smallest absolute Gasteiger partial charge is 0 e. The van der Waals surface area contributed by atoms with E-state index >= 15 is 0 Å². The van der Waals surface area contributed by atoms with Crippen molar-refractivity contribution < 1.29 is 25.8 Å². The molecule has 0 N–H and O–H groups in total. The van der Waals surface area contributed by atoms with Crippen LogP contribution in [0.4, 0.5) is 0 Å². The van der Waals surface area contributed by atoms with E-state index in [1.807, 2.05) is 0 Å². The van der Waals surface area contributed by atoms with Crippen LogP contribution in [-0.4, -0.2) is 19.8 Å². The van der Waals surface area contributed by atoms with Crippen molar-refractivity contribution in [2.45, 2.75) is 12.3 Å². The molecule has 0 fully saturated rings. The quantitative estimate of drug-likeness (QED) is 0.235. The molecule has 2 heteroatoms. The maximum atomic E-state index is 2.43. The van der Waals surface area contributed by atoms with Crippen molar-refractivity contribution in [3.05, 3.63) is 138 Å². The van der Waals surface area contributed by atoms with Crippen LogP contribution in [0.2, 0.25) is 0 Å². The van der Waals surface area contributed by atoms with E-state index in [2.05, 4.69) is 121 Å². The molecule has 1 radical (unpaired) electrons. The van der Waals surface area contributed by atoms with Gasteiger partial charge in [0.05, 0.1) is 0 Å². The van der Waals surface area contributed by atoms with Gasteiger partial charge < -0.3 is 0 Å². The molecule has 0 unspecified atom stereocenters. The summed E-state index contributed by atoms with van der Waals surface area (Å²) in [4.78, 5) is 0. The Bertz CT molecular complexity index is 1310. The predicted molar refractivity (Wildman–Crippen MR) is 133 cm³/mol. The summed E-state index contributed by atoms with van der Waals surface area (Å²) in [7, 11) is 0. The number of fused-ring (bicyclic) bond motifs is 3. The van der Waals surface area contributed by atoms with E-state index in [1.54, 1.807) is 16.3 Å². The van der Waals surface area contributed by atoms with Crippen LogP contribution in [-0.2, 0) is 32.3 Å². The zero-order valence-corrected chi connectivity index (χ0v) is 24.3. The molecule has 151 valence electrons. The Labute approximate surface area is 216 Å². The second-order valence-electron chi connectivity index (χ2n) is 8.29. The molecule has 0 nitrogen and oxygen atoms in total. The first-order valence-electron chi connectivity index (χ1n) is 11.0. The molecule has 0 amide bonds. The zero-order valence-electron chi connectivity index (χ0n) is 17.8. The van der Waals surface area contributed by atoms with Gasteiger partial charge in [0.1, 0.15) is 0 Å². The van der Waals surface area contributed by atoms with Crippen molar-refractivity contribution in [3.63, 3.8) is 0 Å². The van der Waals surface area contributed by atoms with E-state index in [9.17, 15) is 0 Å². The molecule has 0 atom stereocenters. The van der Waals surface area contributed by atoms with Gasteiger partial charge in [-0.25, -0.2) is 0 Å². The van der Waals surface area contributed by atoms with E-state index in [4.69, 9.17) is 0 Å². The third-order valence-corrected chi connectivity index (χ3v) is 14.8. The molecule has 0 saturated carbocycles. The molecule has 32 heavy (non-hydrogen) atoms. The average molecular weight is 681 g/mol. The van der Waals surface area contributed by atoms with E-state index < -0.39 is 19.8 Å². The van der Waals surface area contributed by atoms with Crippen molar-refractivity contribution in [1.29, 1.82) is 0 Å². The van der Waals surface area contributed by atoms with Gasteiger partial charge in [-0.05, 0) is 0 Å². The Hall–Kier alpha value is -1.97. The summed E-state index contributed by atoms with van der Waals surface area (Å²) in [5, 5.41) is 0. The third kappa shape index (κ3) is 3.84. The first-order valence-corrected chi connectivity index (χ1v) is 15.3. The van der Waals surface area contributed by atoms with Crippen molar-refractivity contribution in [3.8, 4) is 11.1 Å². The summed E-state index contributed by atoms with van der Waals surface area (Å²) in [6, 6.07) is 36.5. The van der Waals surface area contributed by atoms with Gasteiger partial charge in [0.2, 0.25) is 0 Å². The van der Waals surface area contributed by atoms with Crippen molar-refractivity contribution in [1.82, 2.24) is 0 Å². The Balaban J connectivity index is 0.00000216. The number of rotatable bonds is 4. The van der Waals surface area contributed by atoms with Crippen LogP contribution < -0.4 is 10.7 Å². The Morgan fingerprint density at radius 3 is 2.09 bits per heavy atom. The molecule has 0 bridgehead atoms. The van der Waals surface area contributed by atoms with Crippen molar-refractivity contribution in [2.24, 2.45) is 0 Å². The van der Waals surface area contributed by atoms with Gasteiger partial charge in [-0.2, -0.15) is 0 Å².